The highest BCUT2D eigenvalue weighted by atomic mass is 19.1. The van der Waals surface area contributed by atoms with Crippen LogP contribution >= 0.6 is 0 Å². The number of halogens is 1. The Balaban J connectivity index is 2.74. The van der Waals surface area contributed by atoms with E-state index in [0.717, 1.165) is 5.57 Å². The van der Waals surface area contributed by atoms with E-state index in [2.05, 4.69) is 13.2 Å². The fourth-order valence-electron chi connectivity index (χ4n) is 1.17. The summed E-state index contributed by atoms with van der Waals surface area (Å²) in [5.74, 6) is -0.212. The smallest absolute Gasteiger partial charge is 0.144 e. The van der Waals surface area contributed by atoms with E-state index in [1.807, 2.05) is 0 Å². The molecule has 0 fully saturated rings. The maximum absolute atomic E-state index is 13.3. The number of nitriles is 1. The summed E-state index contributed by atoms with van der Waals surface area (Å²) in [5, 5.41) is 8.57. The average molecular weight is 229 g/mol. The molecule has 0 aliphatic carbocycles. The predicted octanol–water partition coefficient (Wildman–Crippen LogP) is 3.37. The maximum atomic E-state index is 13.3. The summed E-state index contributed by atoms with van der Waals surface area (Å²) in [6.07, 6.45) is 5.02. The Labute approximate surface area is 100.0 Å². The van der Waals surface area contributed by atoms with Crippen molar-refractivity contribution in [2.75, 3.05) is 6.61 Å². The van der Waals surface area contributed by atoms with Crippen LogP contribution in [0.4, 0.5) is 4.39 Å². The van der Waals surface area contributed by atoms with Crippen molar-refractivity contribution >= 4 is 0 Å². The molecule has 0 saturated heterocycles. The Morgan fingerprint density at radius 1 is 1.47 bits per heavy atom. The molecule has 0 aliphatic heterocycles. The zero-order chi connectivity index (χ0) is 12.7. The van der Waals surface area contributed by atoms with E-state index in [1.54, 1.807) is 30.4 Å². The fraction of sp³-hybridized carbons (Fsp3) is 0.0714. The molecule has 0 N–H and O–H groups in total. The summed E-state index contributed by atoms with van der Waals surface area (Å²) in [5.41, 5.74) is 0.840. The molecule has 1 aromatic rings. The predicted molar refractivity (Wildman–Crippen MR) is 65.1 cm³/mol. The minimum Gasteiger partial charge on any atom is -0.489 e. The first-order valence-electron chi connectivity index (χ1n) is 4.97. The van der Waals surface area contributed by atoms with Gasteiger partial charge in [-0.15, -0.1) is 0 Å². The van der Waals surface area contributed by atoms with Gasteiger partial charge in [-0.1, -0.05) is 31.4 Å². The number of nitrogens with zero attached hydrogens (tertiary/aromatic N) is 1. The van der Waals surface area contributed by atoms with Gasteiger partial charge < -0.3 is 4.74 Å². The van der Waals surface area contributed by atoms with Crippen LogP contribution in [0.5, 0.6) is 5.75 Å². The van der Waals surface area contributed by atoms with Crippen LogP contribution in [0.15, 0.2) is 55.2 Å². The number of benzene rings is 1. The molecule has 0 radical (unpaired) electrons. The van der Waals surface area contributed by atoms with E-state index >= 15 is 0 Å². The molecule has 0 amide bonds. The molecule has 0 atom stereocenters. The first-order valence-corrected chi connectivity index (χ1v) is 4.97. The summed E-state index contributed by atoms with van der Waals surface area (Å²) in [4.78, 5) is 0. The summed E-state index contributed by atoms with van der Waals surface area (Å²) in [6, 6.07) is 5.87. The van der Waals surface area contributed by atoms with E-state index in [-0.39, 0.29) is 12.2 Å². The van der Waals surface area contributed by atoms with Crippen molar-refractivity contribution in [2.24, 2.45) is 0 Å². The molecule has 0 aliphatic rings. The molecule has 0 bridgehead atoms. The Kier molecular flexibility index (Phi) is 4.71. The second kappa shape index (κ2) is 6.29. The minimum absolute atomic E-state index is 0.00271. The highest BCUT2D eigenvalue weighted by Gasteiger charge is 2.03. The van der Waals surface area contributed by atoms with Crippen molar-refractivity contribution in [2.45, 2.75) is 0 Å². The van der Waals surface area contributed by atoms with Crippen LogP contribution in [0.25, 0.3) is 0 Å². The Hall–Kier alpha value is -2.34. The largest absolute Gasteiger partial charge is 0.489 e. The van der Waals surface area contributed by atoms with Crippen LogP contribution in [0.2, 0.25) is 0 Å². The van der Waals surface area contributed by atoms with Crippen molar-refractivity contribution in [3.05, 3.63) is 66.5 Å². The minimum atomic E-state index is -0.585. The highest BCUT2D eigenvalue weighted by Crippen LogP contribution is 2.16. The van der Waals surface area contributed by atoms with E-state index in [0.29, 0.717) is 5.75 Å². The van der Waals surface area contributed by atoms with E-state index in [1.165, 1.54) is 12.1 Å². The Bertz CT molecular complexity index is 497. The van der Waals surface area contributed by atoms with Gasteiger partial charge in [-0.05, 0) is 17.7 Å². The molecule has 2 nitrogen and oxygen atoms in total. The Morgan fingerprint density at radius 2 is 2.24 bits per heavy atom. The van der Waals surface area contributed by atoms with Crippen LogP contribution < -0.4 is 4.74 Å². The lowest BCUT2D eigenvalue weighted by atomic mass is 10.2. The molecule has 1 aromatic carbocycles. The van der Waals surface area contributed by atoms with Crippen LogP contribution in [-0.4, -0.2) is 6.61 Å². The molecular formula is C14H12FNO. The molecule has 1 rings (SSSR count). The summed E-state index contributed by atoms with van der Waals surface area (Å²) >= 11 is 0. The molecule has 0 aromatic heterocycles. The third-order valence-corrected chi connectivity index (χ3v) is 2.06. The van der Waals surface area contributed by atoms with Crippen molar-refractivity contribution < 1.29 is 9.13 Å². The molecule has 0 saturated carbocycles. The van der Waals surface area contributed by atoms with Gasteiger partial charge in [0.05, 0.1) is 5.56 Å². The Morgan fingerprint density at radius 3 is 2.76 bits per heavy atom. The molecule has 0 spiro atoms. The van der Waals surface area contributed by atoms with E-state index in [9.17, 15) is 4.39 Å². The van der Waals surface area contributed by atoms with Gasteiger partial charge in [-0.25, -0.2) is 4.39 Å². The fourth-order valence-corrected chi connectivity index (χ4v) is 1.17. The third kappa shape index (κ3) is 3.62. The monoisotopic (exact) mass is 229 g/mol. The third-order valence-electron chi connectivity index (χ3n) is 2.06. The number of hydrogen-bond acceptors (Lipinski definition) is 2. The van der Waals surface area contributed by atoms with Crippen molar-refractivity contribution in [1.82, 2.24) is 0 Å². The van der Waals surface area contributed by atoms with Gasteiger partial charge in [0.25, 0.3) is 0 Å². The second-order valence-electron chi connectivity index (χ2n) is 3.22. The van der Waals surface area contributed by atoms with E-state index < -0.39 is 5.82 Å². The zero-order valence-electron chi connectivity index (χ0n) is 9.32. The molecule has 17 heavy (non-hydrogen) atoms. The molecule has 3 heteroatoms. The lowest BCUT2D eigenvalue weighted by Gasteiger charge is -2.06. The van der Waals surface area contributed by atoms with Crippen LogP contribution in [-0.2, 0) is 0 Å². The van der Waals surface area contributed by atoms with E-state index in [4.69, 9.17) is 10.00 Å². The summed E-state index contributed by atoms with van der Waals surface area (Å²) in [7, 11) is 0. The zero-order valence-corrected chi connectivity index (χ0v) is 9.32. The van der Waals surface area contributed by atoms with Crippen LogP contribution in [0.3, 0.4) is 0 Å². The number of rotatable bonds is 5. The lowest BCUT2D eigenvalue weighted by molar-refractivity contribution is 0.353. The van der Waals surface area contributed by atoms with Gasteiger partial charge in [-0.2, -0.15) is 5.26 Å². The first kappa shape index (κ1) is 12.7. The SMILES string of the molecule is C=C/C=C(\C=C)COc1ccc(C#N)c(F)c1. The standard InChI is InChI=1S/C14H12FNO/c1-3-5-11(4-2)10-17-13-7-6-12(9-16)14(15)8-13/h3-8H,1-2,10H2/b11-5+. The van der Waals surface area contributed by atoms with Crippen molar-refractivity contribution in [3.8, 4) is 11.8 Å². The van der Waals surface area contributed by atoms with Gasteiger partial charge in [0.2, 0.25) is 0 Å². The summed E-state index contributed by atoms with van der Waals surface area (Å²) in [6.45, 7) is 7.47. The molecule has 0 heterocycles. The topological polar surface area (TPSA) is 33.0 Å². The van der Waals surface area contributed by atoms with Gasteiger partial charge in [0.15, 0.2) is 0 Å². The summed E-state index contributed by atoms with van der Waals surface area (Å²) < 4.78 is 18.6. The van der Waals surface area contributed by atoms with Crippen LogP contribution in [0.1, 0.15) is 5.56 Å². The van der Waals surface area contributed by atoms with Crippen molar-refractivity contribution in [1.29, 1.82) is 5.26 Å². The number of allylic oxidation sites excluding steroid dienone is 2. The first-order chi connectivity index (χ1) is 8.21. The van der Waals surface area contributed by atoms with Crippen LogP contribution in [0, 0.1) is 17.1 Å². The highest BCUT2D eigenvalue weighted by molar-refractivity contribution is 5.36. The lowest BCUT2D eigenvalue weighted by Crippen LogP contribution is -2.00. The molecular weight excluding hydrogens is 217 g/mol. The normalized spacial score (nSPS) is 10.5. The van der Waals surface area contributed by atoms with Gasteiger partial charge in [0, 0.05) is 6.07 Å². The van der Waals surface area contributed by atoms with Gasteiger partial charge in [-0.3, -0.25) is 0 Å². The second-order valence-corrected chi connectivity index (χ2v) is 3.22. The van der Waals surface area contributed by atoms with Gasteiger partial charge in [0.1, 0.15) is 24.2 Å². The average Bonchev–Trinajstić information content (AvgIpc) is 2.34. The van der Waals surface area contributed by atoms with Crippen molar-refractivity contribution in [3.63, 3.8) is 0 Å². The number of ether oxygens (including phenoxy) is 1. The quantitative estimate of drug-likeness (QED) is 0.725. The number of hydrogen-bond donors (Lipinski definition) is 0. The molecule has 0 unspecified atom stereocenters. The molecule has 86 valence electrons. The van der Waals surface area contributed by atoms with Gasteiger partial charge >= 0.3 is 0 Å². The maximum Gasteiger partial charge on any atom is 0.144 e.